The van der Waals surface area contributed by atoms with Crippen LogP contribution in [0.5, 0.6) is 0 Å². The lowest BCUT2D eigenvalue weighted by Crippen LogP contribution is -2.50. The lowest BCUT2D eigenvalue weighted by Gasteiger charge is -2.23. The quantitative estimate of drug-likeness (QED) is 0.819. The third kappa shape index (κ3) is 4.93. The fourth-order valence-electron chi connectivity index (χ4n) is 2.21. The first-order valence-corrected chi connectivity index (χ1v) is 8.65. The minimum atomic E-state index is -0.535. The molecule has 2 aromatic rings. The molecule has 1 aromatic heterocycles. The first kappa shape index (κ1) is 17.2. The van der Waals surface area contributed by atoms with Gasteiger partial charge in [-0.1, -0.05) is 44.5 Å². The predicted molar refractivity (Wildman–Crippen MR) is 93.3 cm³/mol. The number of hydrogen-bond donors (Lipinski definition) is 2. The largest absolute Gasteiger partial charge is 0.349 e. The molecule has 0 spiro atoms. The Hall–Kier alpha value is -2.14. The summed E-state index contributed by atoms with van der Waals surface area (Å²) in [6, 6.07) is 12.4. The van der Waals surface area contributed by atoms with E-state index in [1.807, 2.05) is 49.6 Å². The second kappa shape index (κ2) is 8.48. The van der Waals surface area contributed by atoms with E-state index in [0.29, 0.717) is 12.1 Å². The maximum Gasteiger partial charge on any atom is 0.251 e. The molecule has 2 rings (SSSR count). The Morgan fingerprint density at radius 2 is 1.87 bits per heavy atom. The van der Waals surface area contributed by atoms with Gasteiger partial charge in [0.25, 0.3) is 5.91 Å². The van der Waals surface area contributed by atoms with Crippen molar-refractivity contribution in [1.82, 2.24) is 10.6 Å². The highest BCUT2D eigenvalue weighted by Crippen LogP contribution is 2.11. The predicted octanol–water partition coefficient (Wildman–Crippen LogP) is 3.21. The average Bonchev–Trinajstić information content (AvgIpc) is 3.11. The summed E-state index contributed by atoms with van der Waals surface area (Å²) in [5, 5.41) is 7.76. The zero-order chi connectivity index (χ0) is 16.7. The zero-order valence-electron chi connectivity index (χ0n) is 13.4. The van der Waals surface area contributed by atoms with E-state index in [-0.39, 0.29) is 17.7 Å². The second-order valence-electron chi connectivity index (χ2n) is 5.50. The van der Waals surface area contributed by atoms with Gasteiger partial charge in [-0.2, -0.15) is 0 Å². The van der Waals surface area contributed by atoms with Crippen LogP contribution >= 0.6 is 11.3 Å². The maximum absolute atomic E-state index is 12.5. The molecule has 0 fully saturated rings. The number of rotatable bonds is 7. The fourth-order valence-corrected chi connectivity index (χ4v) is 2.86. The smallest absolute Gasteiger partial charge is 0.251 e. The Balaban J connectivity index is 2.01. The van der Waals surface area contributed by atoms with Crippen LogP contribution in [-0.4, -0.2) is 17.9 Å². The van der Waals surface area contributed by atoms with Gasteiger partial charge in [0.05, 0.1) is 6.54 Å². The molecule has 0 saturated heterocycles. The minimum Gasteiger partial charge on any atom is -0.349 e. The van der Waals surface area contributed by atoms with Gasteiger partial charge in [0.2, 0.25) is 5.91 Å². The van der Waals surface area contributed by atoms with Gasteiger partial charge in [0, 0.05) is 10.4 Å². The van der Waals surface area contributed by atoms with Gasteiger partial charge in [-0.25, -0.2) is 0 Å². The van der Waals surface area contributed by atoms with Gasteiger partial charge in [-0.05, 0) is 29.5 Å². The molecular weight excluding hydrogens is 308 g/mol. The number of nitrogens with one attached hydrogen (secondary N) is 2. The monoisotopic (exact) mass is 330 g/mol. The molecule has 1 aromatic carbocycles. The van der Waals surface area contributed by atoms with E-state index < -0.39 is 6.04 Å². The lowest BCUT2D eigenvalue weighted by atomic mass is 9.98. The summed E-state index contributed by atoms with van der Waals surface area (Å²) in [6.45, 7) is 4.48. The van der Waals surface area contributed by atoms with Crippen molar-refractivity contribution in [1.29, 1.82) is 0 Å². The number of benzene rings is 1. The summed E-state index contributed by atoms with van der Waals surface area (Å²) >= 11 is 1.60. The van der Waals surface area contributed by atoms with Crippen LogP contribution < -0.4 is 10.6 Å². The topological polar surface area (TPSA) is 58.2 Å². The van der Waals surface area contributed by atoms with Crippen LogP contribution in [0.25, 0.3) is 0 Å². The Kier molecular flexibility index (Phi) is 6.35. The van der Waals surface area contributed by atoms with E-state index in [0.717, 1.165) is 11.3 Å². The van der Waals surface area contributed by atoms with Crippen molar-refractivity contribution < 1.29 is 9.59 Å². The molecule has 2 N–H and O–H groups in total. The van der Waals surface area contributed by atoms with Crippen molar-refractivity contribution in [3.63, 3.8) is 0 Å². The van der Waals surface area contributed by atoms with Gasteiger partial charge < -0.3 is 10.6 Å². The summed E-state index contributed by atoms with van der Waals surface area (Å²) in [5.74, 6) is -0.301. The van der Waals surface area contributed by atoms with E-state index in [1.165, 1.54) is 0 Å². The molecule has 0 saturated carbocycles. The van der Waals surface area contributed by atoms with Crippen LogP contribution in [0, 0.1) is 5.92 Å². The number of carbonyl (C=O) groups excluding carboxylic acids is 2. The Morgan fingerprint density at radius 1 is 1.13 bits per heavy atom. The highest BCUT2D eigenvalue weighted by atomic mass is 32.1. The van der Waals surface area contributed by atoms with E-state index in [9.17, 15) is 9.59 Å². The summed E-state index contributed by atoms with van der Waals surface area (Å²) in [4.78, 5) is 25.9. The summed E-state index contributed by atoms with van der Waals surface area (Å²) in [5.41, 5.74) is 0.562. The standard InChI is InChI=1S/C18H22N2O2S/c1-3-13(2)16(18(22)19-12-15-10-7-11-23-15)20-17(21)14-8-5-4-6-9-14/h4-11,13,16H,3,12H2,1-2H3,(H,19,22)(H,20,21). The van der Waals surface area contributed by atoms with Crippen molar-refractivity contribution in [3.8, 4) is 0 Å². The minimum absolute atomic E-state index is 0.0611. The van der Waals surface area contributed by atoms with Gasteiger partial charge in [0.15, 0.2) is 0 Å². The van der Waals surface area contributed by atoms with Gasteiger partial charge in [0.1, 0.15) is 6.04 Å². The normalized spacial score (nSPS) is 13.1. The molecule has 1 heterocycles. The van der Waals surface area contributed by atoms with Crippen LogP contribution in [0.15, 0.2) is 47.8 Å². The fraction of sp³-hybridized carbons (Fsp3) is 0.333. The SMILES string of the molecule is CCC(C)C(NC(=O)c1ccccc1)C(=O)NCc1cccs1. The lowest BCUT2D eigenvalue weighted by molar-refractivity contribution is -0.124. The van der Waals surface area contributed by atoms with Gasteiger partial charge in [-0.3, -0.25) is 9.59 Å². The molecule has 4 nitrogen and oxygen atoms in total. The number of amides is 2. The summed E-state index contributed by atoms with van der Waals surface area (Å²) in [7, 11) is 0. The Bertz CT molecular complexity index is 626. The van der Waals surface area contributed by atoms with E-state index in [4.69, 9.17) is 0 Å². The zero-order valence-corrected chi connectivity index (χ0v) is 14.2. The van der Waals surface area contributed by atoms with Crippen molar-refractivity contribution in [3.05, 3.63) is 58.3 Å². The molecule has 0 radical (unpaired) electrons. The van der Waals surface area contributed by atoms with Crippen LogP contribution in [0.4, 0.5) is 0 Å². The molecule has 2 atom stereocenters. The van der Waals surface area contributed by atoms with Crippen LogP contribution in [0.2, 0.25) is 0 Å². The highest BCUT2D eigenvalue weighted by Gasteiger charge is 2.26. The molecule has 23 heavy (non-hydrogen) atoms. The number of hydrogen-bond acceptors (Lipinski definition) is 3. The molecule has 5 heteroatoms. The Morgan fingerprint density at radius 3 is 2.48 bits per heavy atom. The average molecular weight is 330 g/mol. The van der Waals surface area contributed by atoms with Gasteiger partial charge in [-0.15, -0.1) is 11.3 Å². The molecule has 2 amide bonds. The van der Waals surface area contributed by atoms with Crippen molar-refractivity contribution in [2.45, 2.75) is 32.9 Å². The van der Waals surface area contributed by atoms with E-state index in [2.05, 4.69) is 10.6 Å². The molecule has 2 unspecified atom stereocenters. The van der Waals surface area contributed by atoms with Crippen molar-refractivity contribution in [2.75, 3.05) is 0 Å². The molecular formula is C18H22N2O2S. The highest BCUT2D eigenvalue weighted by molar-refractivity contribution is 7.09. The molecule has 0 aliphatic rings. The van der Waals surface area contributed by atoms with E-state index >= 15 is 0 Å². The third-order valence-corrected chi connectivity index (χ3v) is 4.71. The second-order valence-corrected chi connectivity index (χ2v) is 6.53. The molecule has 0 aliphatic carbocycles. The van der Waals surface area contributed by atoms with Crippen LogP contribution in [0.1, 0.15) is 35.5 Å². The van der Waals surface area contributed by atoms with Gasteiger partial charge >= 0.3 is 0 Å². The summed E-state index contributed by atoms with van der Waals surface area (Å²) < 4.78 is 0. The number of thiophene rings is 1. The Labute approximate surface area is 140 Å². The molecule has 0 aliphatic heterocycles. The van der Waals surface area contributed by atoms with Crippen LogP contribution in [0.3, 0.4) is 0 Å². The van der Waals surface area contributed by atoms with Crippen molar-refractivity contribution >= 4 is 23.2 Å². The number of carbonyl (C=O) groups is 2. The van der Waals surface area contributed by atoms with Crippen LogP contribution in [-0.2, 0) is 11.3 Å². The molecule has 122 valence electrons. The maximum atomic E-state index is 12.5. The first-order chi connectivity index (χ1) is 11.1. The van der Waals surface area contributed by atoms with E-state index in [1.54, 1.807) is 23.5 Å². The summed E-state index contributed by atoms with van der Waals surface area (Å²) in [6.07, 6.45) is 0.812. The molecule has 0 bridgehead atoms. The van der Waals surface area contributed by atoms with Crippen molar-refractivity contribution in [2.24, 2.45) is 5.92 Å². The first-order valence-electron chi connectivity index (χ1n) is 7.77. The third-order valence-electron chi connectivity index (χ3n) is 3.83.